The molecule has 0 atom stereocenters. The summed E-state index contributed by atoms with van der Waals surface area (Å²) in [5, 5.41) is 18.1. The molecule has 102 valence electrons. The molecule has 2 N–H and O–H groups in total. The Bertz CT molecular complexity index is 761. The lowest BCUT2D eigenvalue weighted by Crippen LogP contribution is -2.01. The summed E-state index contributed by atoms with van der Waals surface area (Å²) in [4.78, 5) is 0. The van der Waals surface area contributed by atoms with Crippen molar-refractivity contribution in [3.8, 4) is 16.9 Å². The first-order valence-electron chi connectivity index (χ1n) is 6.78. The fourth-order valence-corrected chi connectivity index (χ4v) is 2.30. The second-order valence-electron chi connectivity index (χ2n) is 4.84. The molecular weight excluding hydrogens is 258 g/mol. The van der Waals surface area contributed by atoms with Gasteiger partial charge in [0.1, 0.15) is 5.75 Å². The van der Waals surface area contributed by atoms with Crippen LogP contribution in [0.25, 0.3) is 11.1 Å². The first-order valence-corrected chi connectivity index (χ1v) is 6.78. The van der Waals surface area contributed by atoms with Gasteiger partial charge in [-0.2, -0.15) is 0 Å². The fraction of sp³-hybridized carbons (Fsp3) is 0. The van der Waals surface area contributed by atoms with Gasteiger partial charge in [-0.15, -0.1) is 0 Å². The largest absolute Gasteiger partial charge is 0.507 e. The van der Waals surface area contributed by atoms with Crippen molar-refractivity contribution in [3.63, 3.8) is 0 Å². The minimum atomic E-state index is 0.134. The van der Waals surface area contributed by atoms with Crippen molar-refractivity contribution >= 4 is 5.71 Å². The normalized spacial score (nSPS) is 10.3. The van der Waals surface area contributed by atoms with E-state index in [2.05, 4.69) is 12.1 Å². The Kier molecular flexibility index (Phi) is 3.52. The Morgan fingerprint density at radius 1 is 0.667 bits per heavy atom. The molecule has 2 nitrogen and oxygen atoms in total. The van der Waals surface area contributed by atoms with Crippen LogP contribution in [0.15, 0.2) is 78.9 Å². The molecule has 21 heavy (non-hydrogen) atoms. The van der Waals surface area contributed by atoms with E-state index in [1.807, 2.05) is 48.5 Å². The number of hydrogen-bond acceptors (Lipinski definition) is 2. The van der Waals surface area contributed by atoms with E-state index in [4.69, 9.17) is 5.41 Å². The van der Waals surface area contributed by atoms with Gasteiger partial charge in [-0.05, 0) is 23.3 Å². The minimum absolute atomic E-state index is 0.134. The van der Waals surface area contributed by atoms with Gasteiger partial charge < -0.3 is 5.11 Å². The van der Waals surface area contributed by atoms with Gasteiger partial charge in [0.2, 0.25) is 0 Å². The van der Waals surface area contributed by atoms with Crippen molar-refractivity contribution in [2.45, 2.75) is 0 Å². The maximum absolute atomic E-state index is 9.83. The fourth-order valence-electron chi connectivity index (χ4n) is 2.30. The summed E-state index contributed by atoms with van der Waals surface area (Å²) in [6.45, 7) is 0. The number of aromatic hydroxyl groups is 1. The molecule has 0 saturated heterocycles. The van der Waals surface area contributed by atoms with Gasteiger partial charge in [0.15, 0.2) is 0 Å². The Hall–Kier alpha value is -2.87. The summed E-state index contributed by atoms with van der Waals surface area (Å²) in [6.07, 6.45) is 0. The third-order valence-electron chi connectivity index (χ3n) is 3.45. The number of para-hydroxylation sites is 1. The zero-order chi connectivity index (χ0) is 14.7. The number of nitrogens with one attached hydrogen (secondary N) is 1. The molecule has 0 amide bonds. The van der Waals surface area contributed by atoms with Crippen molar-refractivity contribution in [2.24, 2.45) is 0 Å². The van der Waals surface area contributed by atoms with E-state index in [0.717, 1.165) is 16.7 Å². The summed E-state index contributed by atoms with van der Waals surface area (Å²) in [7, 11) is 0. The van der Waals surface area contributed by atoms with E-state index in [1.54, 1.807) is 18.2 Å². The smallest absolute Gasteiger partial charge is 0.124 e. The van der Waals surface area contributed by atoms with Gasteiger partial charge in [0, 0.05) is 11.1 Å². The van der Waals surface area contributed by atoms with E-state index in [-0.39, 0.29) is 5.75 Å². The molecule has 0 aliphatic heterocycles. The topological polar surface area (TPSA) is 44.1 Å². The van der Waals surface area contributed by atoms with Crippen molar-refractivity contribution in [1.29, 1.82) is 5.41 Å². The quantitative estimate of drug-likeness (QED) is 0.679. The van der Waals surface area contributed by atoms with E-state index in [9.17, 15) is 5.11 Å². The minimum Gasteiger partial charge on any atom is -0.507 e. The first kappa shape index (κ1) is 13.1. The highest BCUT2D eigenvalue weighted by atomic mass is 16.3. The Morgan fingerprint density at radius 2 is 1.24 bits per heavy atom. The Balaban J connectivity index is 1.91. The van der Waals surface area contributed by atoms with Crippen LogP contribution >= 0.6 is 0 Å². The molecule has 0 saturated carbocycles. The molecule has 0 aliphatic carbocycles. The van der Waals surface area contributed by atoms with Crippen molar-refractivity contribution in [3.05, 3.63) is 90.0 Å². The molecule has 0 aromatic heterocycles. The SMILES string of the molecule is N=C(c1ccc(-c2ccccc2)cc1)c1ccccc1O. The van der Waals surface area contributed by atoms with Crippen LogP contribution in [-0.4, -0.2) is 10.8 Å². The first-order chi connectivity index (χ1) is 10.3. The molecule has 3 rings (SSSR count). The van der Waals surface area contributed by atoms with Crippen LogP contribution in [0.5, 0.6) is 5.75 Å². The summed E-state index contributed by atoms with van der Waals surface area (Å²) in [5.41, 5.74) is 3.93. The summed E-state index contributed by atoms with van der Waals surface area (Å²) in [6, 6.07) is 24.9. The third-order valence-corrected chi connectivity index (χ3v) is 3.45. The number of rotatable bonds is 3. The summed E-state index contributed by atoms with van der Waals surface area (Å²) in [5.74, 6) is 0.134. The molecule has 0 radical (unpaired) electrons. The molecule has 0 heterocycles. The highest BCUT2D eigenvalue weighted by Crippen LogP contribution is 2.23. The second kappa shape index (κ2) is 5.63. The molecule has 0 spiro atoms. The highest BCUT2D eigenvalue weighted by Gasteiger charge is 2.09. The molecular formula is C19H15NO. The molecule has 0 bridgehead atoms. The predicted molar refractivity (Wildman–Crippen MR) is 85.9 cm³/mol. The van der Waals surface area contributed by atoms with Crippen LogP contribution in [0, 0.1) is 5.41 Å². The summed E-state index contributed by atoms with van der Waals surface area (Å²) >= 11 is 0. The molecule has 3 aromatic rings. The molecule has 2 heteroatoms. The lowest BCUT2D eigenvalue weighted by molar-refractivity contribution is 0.474. The zero-order valence-electron chi connectivity index (χ0n) is 11.5. The van der Waals surface area contributed by atoms with E-state index < -0.39 is 0 Å². The molecule has 0 aliphatic rings. The molecule has 3 aromatic carbocycles. The lowest BCUT2D eigenvalue weighted by Gasteiger charge is -2.08. The van der Waals surface area contributed by atoms with Crippen molar-refractivity contribution < 1.29 is 5.11 Å². The maximum atomic E-state index is 9.83. The maximum Gasteiger partial charge on any atom is 0.124 e. The van der Waals surface area contributed by atoms with Gasteiger partial charge in [-0.3, -0.25) is 5.41 Å². The predicted octanol–water partition coefficient (Wildman–Crippen LogP) is 4.48. The number of benzene rings is 3. The highest BCUT2D eigenvalue weighted by molar-refractivity contribution is 6.12. The van der Waals surface area contributed by atoms with Gasteiger partial charge >= 0.3 is 0 Å². The number of phenolic OH excluding ortho intramolecular Hbond substituents is 1. The number of hydrogen-bond donors (Lipinski definition) is 2. The van der Waals surface area contributed by atoms with Crippen LogP contribution in [0.3, 0.4) is 0 Å². The van der Waals surface area contributed by atoms with Crippen LogP contribution in [0.4, 0.5) is 0 Å². The van der Waals surface area contributed by atoms with Gasteiger partial charge in [0.25, 0.3) is 0 Å². The van der Waals surface area contributed by atoms with Crippen molar-refractivity contribution in [2.75, 3.05) is 0 Å². The second-order valence-corrected chi connectivity index (χ2v) is 4.84. The van der Waals surface area contributed by atoms with Gasteiger partial charge in [-0.25, -0.2) is 0 Å². The Labute approximate surface area is 123 Å². The molecule has 0 unspecified atom stereocenters. The zero-order valence-corrected chi connectivity index (χ0v) is 11.5. The van der Waals surface area contributed by atoms with Crippen LogP contribution in [0.1, 0.15) is 11.1 Å². The monoisotopic (exact) mass is 273 g/mol. The third kappa shape index (κ3) is 2.70. The average molecular weight is 273 g/mol. The van der Waals surface area contributed by atoms with Crippen LogP contribution in [-0.2, 0) is 0 Å². The van der Waals surface area contributed by atoms with Crippen molar-refractivity contribution in [1.82, 2.24) is 0 Å². The standard InChI is InChI=1S/C19H15NO/c20-19(17-8-4-5-9-18(17)21)16-12-10-15(11-13-16)14-6-2-1-3-7-14/h1-13,20-21H. The van der Waals surface area contributed by atoms with E-state index in [1.165, 1.54) is 0 Å². The van der Waals surface area contributed by atoms with E-state index in [0.29, 0.717) is 11.3 Å². The Morgan fingerprint density at radius 3 is 1.90 bits per heavy atom. The number of phenols is 1. The van der Waals surface area contributed by atoms with E-state index >= 15 is 0 Å². The van der Waals surface area contributed by atoms with Gasteiger partial charge in [-0.1, -0.05) is 66.7 Å². The summed E-state index contributed by atoms with van der Waals surface area (Å²) < 4.78 is 0. The lowest BCUT2D eigenvalue weighted by atomic mass is 9.98. The van der Waals surface area contributed by atoms with Gasteiger partial charge in [0.05, 0.1) is 5.71 Å². The molecule has 0 fully saturated rings. The van der Waals surface area contributed by atoms with Crippen LogP contribution in [0.2, 0.25) is 0 Å². The average Bonchev–Trinajstić information content (AvgIpc) is 2.56. The van der Waals surface area contributed by atoms with Crippen LogP contribution < -0.4 is 0 Å².